The molecule has 0 aromatic heterocycles. The van der Waals surface area contributed by atoms with Crippen LogP contribution in [0, 0.1) is 0 Å². The number of nitrogens with one attached hydrogen (secondary N) is 2. The maximum absolute atomic E-state index is 12.6. The third-order valence-electron chi connectivity index (χ3n) is 6.00. The van der Waals surface area contributed by atoms with Crippen molar-refractivity contribution in [3.8, 4) is 11.1 Å². The van der Waals surface area contributed by atoms with Crippen LogP contribution in [0.1, 0.15) is 36.8 Å². The number of imide groups is 1. The monoisotopic (exact) mass is 561 g/mol. The number of methoxy groups -OCH3 is 1. The Morgan fingerprint density at radius 2 is 1.74 bits per heavy atom. The number of rotatable bonds is 9. The Balaban J connectivity index is 1.56. The Kier molecular flexibility index (Phi) is 8.65. The Labute approximate surface area is 225 Å². The second-order valence-corrected chi connectivity index (χ2v) is 9.18. The van der Waals surface area contributed by atoms with Gasteiger partial charge in [-0.1, -0.05) is 22.2 Å². The van der Waals surface area contributed by atoms with E-state index in [9.17, 15) is 24.0 Å². The molecule has 2 unspecified atom stereocenters. The lowest BCUT2D eigenvalue weighted by molar-refractivity contribution is -0.432. The number of amides is 4. The van der Waals surface area contributed by atoms with Gasteiger partial charge in [0.25, 0.3) is 11.8 Å². The lowest BCUT2D eigenvalue weighted by Gasteiger charge is -2.17. The molecule has 39 heavy (non-hydrogen) atoms. The highest BCUT2D eigenvalue weighted by Gasteiger charge is 2.35. The van der Waals surface area contributed by atoms with E-state index in [1.54, 1.807) is 36.4 Å². The van der Waals surface area contributed by atoms with Gasteiger partial charge in [0.05, 0.1) is 19.2 Å². The molecule has 206 valence electrons. The number of hydrogen-bond donors (Lipinski definition) is 3. The topological polar surface area (TPSA) is 179 Å². The zero-order chi connectivity index (χ0) is 28.1. The number of hydroxylamine groups is 2. The van der Waals surface area contributed by atoms with E-state index in [0.29, 0.717) is 21.2 Å². The molecule has 15 heteroatoms. The van der Waals surface area contributed by atoms with Crippen LogP contribution in [0.15, 0.2) is 41.3 Å². The van der Waals surface area contributed by atoms with Crippen LogP contribution in [-0.2, 0) is 38.1 Å². The molecule has 2 aliphatic rings. The second kappa shape index (κ2) is 12.1. The molecule has 1 heterocycles. The first-order valence-electron chi connectivity index (χ1n) is 11.5. The molecule has 4 rings (SSSR count). The number of nitrogens with zero attached hydrogens (tertiary/aromatic N) is 1. The molecule has 2 aromatic rings. The first-order valence-corrected chi connectivity index (χ1v) is 12.2. The lowest BCUT2D eigenvalue weighted by Crippen LogP contribution is -2.41. The molecule has 0 bridgehead atoms. The Bertz CT molecular complexity index is 1300. The molecule has 4 amide bonds. The van der Waals surface area contributed by atoms with Crippen LogP contribution in [0.4, 0.5) is 15.3 Å². The molecule has 2 atom stereocenters. The van der Waals surface area contributed by atoms with Gasteiger partial charge >= 0.3 is 12.2 Å². The molecule has 0 spiro atoms. The van der Waals surface area contributed by atoms with Crippen molar-refractivity contribution < 1.29 is 52.9 Å². The van der Waals surface area contributed by atoms with E-state index in [4.69, 9.17) is 14.8 Å². The Hall–Kier alpha value is -4.18. The van der Waals surface area contributed by atoms with Gasteiger partial charge in [-0.15, -0.1) is 4.33 Å². The smallest absolute Gasteiger partial charge is 0.453 e. The van der Waals surface area contributed by atoms with Gasteiger partial charge in [-0.05, 0) is 53.4 Å². The number of benzene rings is 2. The normalized spacial score (nSPS) is 16.3. The van der Waals surface area contributed by atoms with Gasteiger partial charge in [-0.25, -0.2) is 14.8 Å². The van der Waals surface area contributed by atoms with Crippen LogP contribution in [0.3, 0.4) is 0 Å². The van der Waals surface area contributed by atoms with E-state index in [1.165, 1.54) is 14.0 Å². The van der Waals surface area contributed by atoms with Crippen molar-refractivity contribution in [1.82, 2.24) is 10.4 Å². The maximum atomic E-state index is 12.6. The van der Waals surface area contributed by atoms with Gasteiger partial charge < -0.3 is 20.1 Å². The standard InChI is InChI=1S/C24H23N3O11S/c1-12(25-23(31)34-2)22(30)26-13-3-5-15-16-6-4-14(39-38-37-33)10-18(16)19(17(15)9-13)11-35-24(32)36-27-20(28)7-8-21(27)29/h3-6,9-10,12,19,33H,7-8,11H2,1-2H3,(H,25,31)(H,26,30). The summed E-state index contributed by atoms with van der Waals surface area (Å²) in [7, 11) is 1.18. The summed E-state index contributed by atoms with van der Waals surface area (Å²) < 4.78 is 14.3. The fourth-order valence-electron chi connectivity index (χ4n) is 4.16. The van der Waals surface area contributed by atoms with Crippen LogP contribution < -0.4 is 10.6 Å². The van der Waals surface area contributed by atoms with Gasteiger partial charge in [0, 0.05) is 29.3 Å². The largest absolute Gasteiger partial charge is 0.533 e. The molecule has 1 fully saturated rings. The predicted octanol–water partition coefficient (Wildman–Crippen LogP) is 3.13. The Morgan fingerprint density at radius 3 is 2.41 bits per heavy atom. The number of fused-ring (bicyclic) bond motifs is 3. The molecule has 1 aliphatic heterocycles. The number of anilines is 1. The van der Waals surface area contributed by atoms with Gasteiger partial charge in [0.15, 0.2) is 0 Å². The summed E-state index contributed by atoms with van der Waals surface area (Å²) in [4.78, 5) is 65.2. The van der Waals surface area contributed by atoms with E-state index in [2.05, 4.69) is 24.7 Å². The molecule has 1 saturated heterocycles. The lowest BCUT2D eigenvalue weighted by atomic mass is 9.97. The van der Waals surface area contributed by atoms with Crippen molar-refractivity contribution in [3.05, 3.63) is 47.5 Å². The highest BCUT2D eigenvalue weighted by Crippen LogP contribution is 2.47. The van der Waals surface area contributed by atoms with Gasteiger partial charge in [-0.2, -0.15) is 0 Å². The minimum atomic E-state index is -1.23. The molecule has 3 N–H and O–H groups in total. The van der Waals surface area contributed by atoms with E-state index in [-0.39, 0.29) is 19.4 Å². The summed E-state index contributed by atoms with van der Waals surface area (Å²) in [5.74, 6) is -2.33. The fourth-order valence-corrected chi connectivity index (χ4v) is 4.57. The highest BCUT2D eigenvalue weighted by molar-refractivity contribution is 7.94. The second-order valence-electron chi connectivity index (χ2n) is 8.41. The SMILES string of the molecule is COC(=O)NC(C)C(=O)Nc1ccc2c(c1)C(COC(=O)ON1C(=O)CCC1=O)c1cc(SOOO)ccc1-2. The third kappa shape index (κ3) is 6.28. The van der Waals surface area contributed by atoms with Crippen molar-refractivity contribution in [3.63, 3.8) is 0 Å². The molecule has 0 radical (unpaired) electrons. The van der Waals surface area contributed by atoms with Crippen molar-refractivity contribution in [2.75, 3.05) is 19.0 Å². The zero-order valence-corrected chi connectivity index (χ0v) is 21.4. The maximum Gasteiger partial charge on any atom is 0.533 e. The quantitative estimate of drug-likeness (QED) is 0.134. The van der Waals surface area contributed by atoms with Gasteiger partial charge in [0.1, 0.15) is 12.6 Å². The van der Waals surface area contributed by atoms with Gasteiger partial charge in [0.2, 0.25) is 5.91 Å². The minimum absolute atomic E-state index is 0.0577. The van der Waals surface area contributed by atoms with Crippen molar-refractivity contribution >= 4 is 47.7 Å². The first-order chi connectivity index (χ1) is 18.7. The number of carbonyl (C=O) groups is 5. The number of ether oxygens (including phenoxy) is 2. The van der Waals surface area contributed by atoms with Crippen molar-refractivity contribution in [2.24, 2.45) is 0 Å². The number of hydrogen-bond acceptors (Lipinski definition) is 12. The fraction of sp³-hybridized carbons (Fsp3) is 0.292. The minimum Gasteiger partial charge on any atom is -0.453 e. The Morgan fingerprint density at radius 1 is 1.08 bits per heavy atom. The average molecular weight is 562 g/mol. The van der Waals surface area contributed by atoms with Crippen LogP contribution in [0.5, 0.6) is 0 Å². The molecular weight excluding hydrogens is 538 g/mol. The predicted molar refractivity (Wildman–Crippen MR) is 132 cm³/mol. The molecule has 14 nitrogen and oxygen atoms in total. The number of alkyl carbamates (subject to hydrolysis) is 1. The van der Waals surface area contributed by atoms with E-state index in [0.717, 1.165) is 28.7 Å². The van der Waals surface area contributed by atoms with Crippen LogP contribution in [-0.4, -0.2) is 60.0 Å². The number of carbonyl (C=O) groups excluding carboxylic acids is 5. The summed E-state index contributed by atoms with van der Waals surface area (Å²) in [5, 5.41) is 17.6. The average Bonchev–Trinajstić information content (AvgIpc) is 3.40. The zero-order valence-electron chi connectivity index (χ0n) is 20.6. The van der Waals surface area contributed by atoms with E-state index < -0.39 is 41.9 Å². The summed E-state index contributed by atoms with van der Waals surface area (Å²) >= 11 is 0.747. The van der Waals surface area contributed by atoms with Crippen LogP contribution in [0.25, 0.3) is 11.1 Å². The van der Waals surface area contributed by atoms with Gasteiger partial charge in [-0.3, -0.25) is 19.2 Å². The summed E-state index contributed by atoms with van der Waals surface area (Å²) in [6.07, 6.45) is -2.11. The molecule has 0 saturated carbocycles. The van der Waals surface area contributed by atoms with E-state index in [1.807, 2.05) is 0 Å². The van der Waals surface area contributed by atoms with E-state index >= 15 is 0 Å². The van der Waals surface area contributed by atoms with Crippen molar-refractivity contribution in [1.29, 1.82) is 0 Å². The summed E-state index contributed by atoms with van der Waals surface area (Å²) in [6.45, 7) is 1.25. The molecule has 1 aliphatic carbocycles. The van der Waals surface area contributed by atoms with Crippen LogP contribution in [0.2, 0.25) is 0 Å². The summed E-state index contributed by atoms with van der Waals surface area (Å²) in [5.41, 5.74) is 3.44. The van der Waals surface area contributed by atoms with Crippen molar-refractivity contribution in [2.45, 2.75) is 36.6 Å². The summed E-state index contributed by atoms with van der Waals surface area (Å²) in [6, 6.07) is 9.54. The third-order valence-corrected chi connectivity index (χ3v) is 6.57. The first kappa shape index (κ1) is 27.8. The molecule has 2 aromatic carbocycles. The highest BCUT2D eigenvalue weighted by atomic mass is 32.2. The molecular formula is C24H23N3O11S. The van der Waals surface area contributed by atoms with Crippen LogP contribution >= 0.6 is 12.0 Å².